The highest BCUT2D eigenvalue weighted by atomic mass is 35.5. The Morgan fingerprint density at radius 2 is 1.84 bits per heavy atom. The van der Waals surface area contributed by atoms with Gasteiger partial charge in [0, 0.05) is 28.1 Å². The second-order valence-corrected chi connectivity index (χ2v) is 8.06. The fourth-order valence-electron chi connectivity index (χ4n) is 3.79. The molecule has 7 nitrogen and oxygen atoms in total. The molecular formula is C23H18Cl2N6O. The summed E-state index contributed by atoms with van der Waals surface area (Å²) < 4.78 is 0. The predicted molar refractivity (Wildman–Crippen MR) is 127 cm³/mol. The summed E-state index contributed by atoms with van der Waals surface area (Å²) >= 11 is 13.0. The van der Waals surface area contributed by atoms with E-state index in [9.17, 15) is 5.11 Å². The lowest BCUT2D eigenvalue weighted by Gasteiger charge is -2.23. The Balaban J connectivity index is 1.71. The van der Waals surface area contributed by atoms with Crippen LogP contribution in [0.3, 0.4) is 0 Å². The van der Waals surface area contributed by atoms with Crippen LogP contribution in [-0.2, 0) is 0 Å². The molecule has 3 N–H and O–H groups in total. The van der Waals surface area contributed by atoms with Crippen molar-refractivity contribution in [1.29, 1.82) is 0 Å². The molecular weight excluding hydrogens is 447 g/mol. The van der Waals surface area contributed by atoms with Crippen molar-refractivity contribution in [2.24, 2.45) is 0 Å². The molecule has 0 aliphatic heterocycles. The number of rotatable bonds is 6. The van der Waals surface area contributed by atoms with Crippen molar-refractivity contribution in [3.8, 4) is 11.3 Å². The van der Waals surface area contributed by atoms with Gasteiger partial charge in [0.2, 0.25) is 0 Å². The Morgan fingerprint density at radius 3 is 2.69 bits per heavy atom. The lowest BCUT2D eigenvalue weighted by atomic mass is 9.95. The third-order valence-corrected chi connectivity index (χ3v) is 5.92. The van der Waals surface area contributed by atoms with Crippen molar-refractivity contribution in [3.63, 3.8) is 0 Å². The molecule has 0 aliphatic rings. The van der Waals surface area contributed by atoms with E-state index in [0.29, 0.717) is 44.7 Å². The standard InChI is InChI=1S/C23H18Cl2N6O/c24-16-6-2-1-5-14(16)20-15(10-13-4-3-7-17(25)19(13)31-20)18(8-9-32)30-23-21-22(27-11-26-21)28-12-29-23/h1-7,10-12,18,32H,8-9H2,(H2,26,27,28,29,30)/t18-/m0/s1. The molecule has 3 aromatic heterocycles. The van der Waals surface area contributed by atoms with Gasteiger partial charge in [-0.3, -0.25) is 0 Å². The van der Waals surface area contributed by atoms with E-state index in [1.165, 1.54) is 6.33 Å². The van der Waals surface area contributed by atoms with Gasteiger partial charge in [0.15, 0.2) is 11.5 Å². The van der Waals surface area contributed by atoms with Gasteiger partial charge in [-0.1, -0.05) is 53.5 Å². The number of halogens is 2. The zero-order valence-electron chi connectivity index (χ0n) is 16.8. The molecule has 0 saturated heterocycles. The lowest BCUT2D eigenvalue weighted by Crippen LogP contribution is -2.16. The molecule has 3 heterocycles. The smallest absolute Gasteiger partial charge is 0.182 e. The molecule has 32 heavy (non-hydrogen) atoms. The van der Waals surface area contributed by atoms with E-state index in [4.69, 9.17) is 28.2 Å². The van der Waals surface area contributed by atoms with Crippen LogP contribution in [-0.4, -0.2) is 36.6 Å². The number of H-pyrrole nitrogens is 1. The Labute approximate surface area is 193 Å². The van der Waals surface area contributed by atoms with Crippen molar-refractivity contribution in [2.45, 2.75) is 12.5 Å². The molecule has 160 valence electrons. The zero-order chi connectivity index (χ0) is 22.1. The quantitative estimate of drug-likeness (QED) is 0.310. The number of aromatic nitrogens is 5. The van der Waals surface area contributed by atoms with E-state index in [1.54, 1.807) is 6.33 Å². The van der Waals surface area contributed by atoms with E-state index < -0.39 is 0 Å². The number of hydrogen-bond donors (Lipinski definition) is 3. The maximum Gasteiger partial charge on any atom is 0.182 e. The van der Waals surface area contributed by atoms with E-state index in [2.05, 4.69) is 25.3 Å². The SMILES string of the molecule is OCC[C@H](Nc1ncnc2nc[nH]c12)c1cc2cccc(Cl)c2nc1-c1ccccc1Cl. The second kappa shape index (κ2) is 8.70. The van der Waals surface area contributed by atoms with E-state index in [0.717, 1.165) is 16.5 Å². The number of hydrogen-bond acceptors (Lipinski definition) is 6. The first-order chi connectivity index (χ1) is 15.7. The summed E-state index contributed by atoms with van der Waals surface area (Å²) in [7, 11) is 0. The summed E-state index contributed by atoms with van der Waals surface area (Å²) in [5, 5.41) is 15.3. The maximum absolute atomic E-state index is 9.86. The number of nitrogens with one attached hydrogen (secondary N) is 2. The van der Waals surface area contributed by atoms with Gasteiger partial charge in [0.05, 0.1) is 28.6 Å². The van der Waals surface area contributed by atoms with Crippen LogP contribution < -0.4 is 5.32 Å². The summed E-state index contributed by atoms with van der Waals surface area (Å²) in [5.41, 5.74) is 4.27. The number of para-hydroxylation sites is 1. The number of imidazole rings is 1. The molecule has 0 unspecified atom stereocenters. The van der Waals surface area contributed by atoms with Crippen LogP contribution in [0.4, 0.5) is 5.82 Å². The summed E-state index contributed by atoms with van der Waals surface area (Å²) in [6.07, 6.45) is 3.44. The summed E-state index contributed by atoms with van der Waals surface area (Å²) in [6, 6.07) is 14.9. The molecule has 9 heteroatoms. The Morgan fingerprint density at radius 1 is 1.00 bits per heavy atom. The number of aromatic amines is 1. The van der Waals surface area contributed by atoms with Crippen molar-refractivity contribution in [2.75, 3.05) is 11.9 Å². The third kappa shape index (κ3) is 3.75. The topological polar surface area (TPSA) is 99.6 Å². The van der Waals surface area contributed by atoms with Crippen molar-refractivity contribution < 1.29 is 5.11 Å². The largest absolute Gasteiger partial charge is 0.396 e. The van der Waals surface area contributed by atoms with Crippen LogP contribution in [0.5, 0.6) is 0 Å². The highest BCUT2D eigenvalue weighted by Gasteiger charge is 2.22. The predicted octanol–water partition coefficient (Wildman–Crippen LogP) is 5.41. The van der Waals surface area contributed by atoms with Crippen LogP contribution in [0.25, 0.3) is 33.3 Å². The number of pyridine rings is 1. The van der Waals surface area contributed by atoms with Gasteiger partial charge in [0.25, 0.3) is 0 Å². The fraction of sp³-hybridized carbons (Fsp3) is 0.130. The minimum Gasteiger partial charge on any atom is -0.396 e. The molecule has 0 saturated carbocycles. The van der Waals surface area contributed by atoms with Gasteiger partial charge in [0.1, 0.15) is 11.8 Å². The molecule has 0 spiro atoms. The van der Waals surface area contributed by atoms with E-state index in [-0.39, 0.29) is 12.6 Å². The highest BCUT2D eigenvalue weighted by molar-refractivity contribution is 6.35. The number of aliphatic hydroxyl groups excluding tert-OH is 1. The number of nitrogens with zero attached hydrogens (tertiary/aromatic N) is 4. The molecule has 5 aromatic rings. The second-order valence-electron chi connectivity index (χ2n) is 7.25. The number of anilines is 1. The van der Waals surface area contributed by atoms with Crippen LogP contribution in [0.15, 0.2) is 61.2 Å². The molecule has 1 atom stereocenters. The van der Waals surface area contributed by atoms with Crippen molar-refractivity contribution >= 4 is 51.1 Å². The summed E-state index contributed by atoms with van der Waals surface area (Å²) in [5.74, 6) is 0.585. The monoisotopic (exact) mass is 464 g/mol. The van der Waals surface area contributed by atoms with Crippen LogP contribution >= 0.6 is 23.2 Å². The first-order valence-corrected chi connectivity index (χ1v) is 10.8. The van der Waals surface area contributed by atoms with Crippen molar-refractivity contribution in [3.05, 3.63) is 76.8 Å². The van der Waals surface area contributed by atoms with Gasteiger partial charge in [-0.05, 0) is 24.6 Å². The van der Waals surface area contributed by atoms with Crippen LogP contribution in [0.1, 0.15) is 18.0 Å². The molecule has 2 aromatic carbocycles. The number of benzene rings is 2. The lowest BCUT2D eigenvalue weighted by molar-refractivity contribution is 0.280. The van der Waals surface area contributed by atoms with Crippen LogP contribution in [0, 0.1) is 0 Å². The van der Waals surface area contributed by atoms with E-state index >= 15 is 0 Å². The molecule has 0 amide bonds. The van der Waals surface area contributed by atoms with Gasteiger partial charge in [-0.25, -0.2) is 19.9 Å². The van der Waals surface area contributed by atoms with E-state index in [1.807, 2.05) is 48.5 Å². The molecule has 0 fully saturated rings. The number of aliphatic hydroxyl groups is 1. The Kier molecular flexibility index (Phi) is 5.61. The summed E-state index contributed by atoms with van der Waals surface area (Å²) in [4.78, 5) is 20.7. The molecule has 0 bridgehead atoms. The molecule has 0 radical (unpaired) electrons. The third-order valence-electron chi connectivity index (χ3n) is 5.28. The average Bonchev–Trinajstić information content (AvgIpc) is 3.29. The Bertz CT molecular complexity index is 1420. The minimum absolute atomic E-state index is 0.0373. The maximum atomic E-state index is 9.86. The zero-order valence-corrected chi connectivity index (χ0v) is 18.3. The summed E-state index contributed by atoms with van der Waals surface area (Å²) in [6.45, 7) is -0.0373. The normalized spacial score (nSPS) is 12.3. The molecule has 5 rings (SSSR count). The van der Waals surface area contributed by atoms with Crippen molar-refractivity contribution in [1.82, 2.24) is 24.9 Å². The van der Waals surface area contributed by atoms with Gasteiger partial charge in [-0.2, -0.15) is 0 Å². The van der Waals surface area contributed by atoms with Gasteiger partial charge >= 0.3 is 0 Å². The first-order valence-electron chi connectivity index (χ1n) is 10.0. The highest BCUT2D eigenvalue weighted by Crippen LogP contribution is 2.37. The fourth-order valence-corrected chi connectivity index (χ4v) is 4.24. The molecule has 0 aliphatic carbocycles. The first kappa shape index (κ1) is 20.6. The van der Waals surface area contributed by atoms with Gasteiger partial charge in [-0.15, -0.1) is 0 Å². The number of fused-ring (bicyclic) bond motifs is 2. The van der Waals surface area contributed by atoms with Crippen LogP contribution in [0.2, 0.25) is 10.0 Å². The average molecular weight is 465 g/mol. The Hall–Kier alpha value is -3.26. The minimum atomic E-state index is -0.316. The van der Waals surface area contributed by atoms with Gasteiger partial charge < -0.3 is 15.4 Å².